The number of rotatable bonds is 6. The molecule has 0 spiro atoms. The zero-order chi connectivity index (χ0) is 17.7. The fourth-order valence-corrected chi connectivity index (χ4v) is 4.67. The van der Waals surface area contributed by atoms with Crippen molar-refractivity contribution < 1.29 is 23.1 Å². The second-order valence-corrected chi connectivity index (χ2v) is 8.18. The largest absolute Gasteiger partial charge is 0.394 e. The van der Waals surface area contributed by atoms with E-state index in [1.54, 1.807) is 12.1 Å². The molecule has 0 aromatic heterocycles. The zero-order valence-electron chi connectivity index (χ0n) is 13.4. The molecule has 1 aliphatic heterocycles. The lowest BCUT2D eigenvalue weighted by molar-refractivity contribution is 0.0730. The molecule has 1 amide bonds. The molecule has 1 unspecified atom stereocenters. The number of aliphatic hydroxyl groups is 1. The minimum Gasteiger partial charge on any atom is -0.394 e. The molecule has 1 saturated heterocycles. The number of morpholine rings is 1. The highest BCUT2D eigenvalue weighted by Gasteiger charge is 2.29. The Labute approximate surface area is 150 Å². The minimum atomic E-state index is -3.71. The highest BCUT2D eigenvalue weighted by atomic mass is 79.9. The Bertz CT molecular complexity index is 685. The number of hydrogen-bond acceptors (Lipinski definition) is 5. The molecule has 9 heteroatoms. The maximum Gasteiger partial charge on any atom is 0.251 e. The summed E-state index contributed by atoms with van der Waals surface area (Å²) in [6, 6.07) is 4.08. The molecule has 0 aliphatic carbocycles. The van der Waals surface area contributed by atoms with Gasteiger partial charge in [0.2, 0.25) is 10.0 Å². The monoisotopic (exact) mass is 420 g/mol. The molecule has 7 nitrogen and oxygen atoms in total. The lowest BCUT2D eigenvalue weighted by Crippen LogP contribution is -2.41. The SMILES string of the molecule is CCC(CO)NC(=O)c1ccc(Br)c(S(=O)(=O)N2CCOCC2)c1. The smallest absolute Gasteiger partial charge is 0.251 e. The number of carbonyl (C=O) groups is 1. The molecular formula is C15H21BrN2O5S. The van der Waals surface area contributed by atoms with Crippen molar-refractivity contribution in [3.63, 3.8) is 0 Å². The topological polar surface area (TPSA) is 95.9 Å². The molecule has 0 bridgehead atoms. The van der Waals surface area contributed by atoms with Gasteiger partial charge in [-0.3, -0.25) is 4.79 Å². The summed E-state index contributed by atoms with van der Waals surface area (Å²) >= 11 is 3.25. The van der Waals surface area contributed by atoms with E-state index in [9.17, 15) is 18.3 Å². The summed E-state index contributed by atoms with van der Waals surface area (Å²) in [5.74, 6) is -0.415. The normalized spacial score (nSPS) is 17.5. The van der Waals surface area contributed by atoms with Crippen LogP contribution in [0.4, 0.5) is 0 Å². The summed E-state index contributed by atoms with van der Waals surface area (Å²) in [5, 5.41) is 11.9. The van der Waals surface area contributed by atoms with E-state index in [1.807, 2.05) is 6.92 Å². The Hall–Kier alpha value is -1.00. The van der Waals surface area contributed by atoms with Crippen LogP contribution < -0.4 is 5.32 Å². The second kappa shape index (κ2) is 8.39. The van der Waals surface area contributed by atoms with Gasteiger partial charge in [-0.2, -0.15) is 4.31 Å². The van der Waals surface area contributed by atoms with Crippen molar-refractivity contribution in [2.24, 2.45) is 0 Å². The number of halogens is 1. The van der Waals surface area contributed by atoms with Crippen LogP contribution >= 0.6 is 15.9 Å². The summed E-state index contributed by atoms with van der Waals surface area (Å²) in [7, 11) is -3.71. The number of aliphatic hydroxyl groups excluding tert-OH is 1. The van der Waals surface area contributed by atoms with Crippen molar-refractivity contribution in [2.45, 2.75) is 24.3 Å². The molecule has 0 saturated carbocycles. The van der Waals surface area contributed by atoms with Gasteiger partial charge >= 0.3 is 0 Å². The molecule has 134 valence electrons. The van der Waals surface area contributed by atoms with Crippen molar-refractivity contribution in [1.29, 1.82) is 0 Å². The number of benzene rings is 1. The first-order valence-corrected chi connectivity index (χ1v) is 9.92. The fraction of sp³-hybridized carbons (Fsp3) is 0.533. The maximum atomic E-state index is 12.8. The first-order valence-electron chi connectivity index (χ1n) is 7.69. The van der Waals surface area contributed by atoms with Gasteiger partial charge in [0.15, 0.2) is 0 Å². The molecule has 1 heterocycles. The van der Waals surface area contributed by atoms with Gasteiger partial charge in [-0.15, -0.1) is 0 Å². The van der Waals surface area contributed by atoms with Crippen LogP contribution in [0.3, 0.4) is 0 Å². The van der Waals surface area contributed by atoms with E-state index in [1.165, 1.54) is 10.4 Å². The predicted octanol–water partition coefficient (Wildman–Crippen LogP) is 0.971. The lowest BCUT2D eigenvalue weighted by Gasteiger charge is -2.26. The first-order chi connectivity index (χ1) is 11.4. The molecule has 1 atom stereocenters. The number of ether oxygens (including phenoxy) is 1. The molecule has 1 fully saturated rings. The number of hydrogen-bond donors (Lipinski definition) is 2. The lowest BCUT2D eigenvalue weighted by atomic mass is 10.2. The molecule has 24 heavy (non-hydrogen) atoms. The van der Waals surface area contributed by atoms with Gasteiger partial charge in [0.1, 0.15) is 0 Å². The minimum absolute atomic E-state index is 0.0501. The Morgan fingerprint density at radius 3 is 2.67 bits per heavy atom. The Morgan fingerprint density at radius 2 is 2.08 bits per heavy atom. The Kier molecular flexibility index (Phi) is 6.76. The standard InChI is InChI=1S/C15H21BrN2O5S/c1-2-12(10-19)17-15(20)11-3-4-13(16)14(9-11)24(21,22)18-5-7-23-8-6-18/h3-4,9,12,19H,2,5-8,10H2,1H3,(H,17,20). The average Bonchev–Trinajstić information content (AvgIpc) is 2.60. The summed E-state index contributed by atoms with van der Waals surface area (Å²) < 4.78 is 32.5. The van der Waals surface area contributed by atoms with E-state index in [0.29, 0.717) is 24.1 Å². The van der Waals surface area contributed by atoms with Gasteiger partial charge in [0.25, 0.3) is 5.91 Å². The van der Waals surface area contributed by atoms with Crippen LogP contribution in [0.5, 0.6) is 0 Å². The van der Waals surface area contributed by atoms with E-state index in [-0.39, 0.29) is 36.2 Å². The van der Waals surface area contributed by atoms with Crippen LogP contribution in [0.2, 0.25) is 0 Å². The summed E-state index contributed by atoms with van der Waals surface area (Å²) in [4.78, 5) is 12.3. The van der Waals surface area contributed by atoms with Crippen LogP contribution in [0.15, 0.2) is 27.6 Å². The first kappa shape index (κ1) is 19.3. The third-order valence-corrected chi connectivity index (χ3v) is 6.72. The van der Waals surface area contributed by atoms with Crippen molar-refractivity contribution in [2.75, 3.05) is 32.9 Å². The molecule has 1 aromatic carbocycles. The van der Waals surface area contributed by atoms with E-state index in [2.05, 4.69) is 21.2 Å². The quantitative estimate of drug-likeness (QED) is 0.714. The number of amides is 1. The Balaban J connectivity index is 2.29. The molecule has 0 radical (unpaired) electrons. The van der Waals surface area contributed by atoms with E-state index < -0.39 is 15.9 Å². The highest BCUT2D eigenvalue weighted by molar-refractivity contribution is 9.10. The third kappa shape index (κ3) is 4.34. The molecule has 1 aromatic rings. The predicted molar refractivity (Wildman–Crippen MR) is 92.4 cm³/mol. The van der Waals surface area contributed by atoms with Gasteiger partial charge in [-0.05, 0) is 40.5 Å². The van der Waals surface area contributed by atoms with Crippen LogP contribution in [-0.4, -0.2) is 62.7 Å². The zero-order valence-corrected chi connectivity index (χ0v) is 15.8. The van der Waals surface area contributed by atoms with E-state index >= 15 is 0 Å². The molecule has 2 N–H and O–H groups in total. The molecule has 2 rings (SSSR count). The summed E-state index contributed by atoms with van der Waals surface area (Å²) in [6.07, 6.45) is 0.581. The van der Waals surface area contributed by atoms with Crippen LogP contribution in [0.25, 0.3) is 0 Å². The molecular weight excluding hydrogens is 400 g/mol. The van der Waals surface area contributed by atoms with Crippen LogP contribution in [0.1, 0.15) is 23.7 Å². The number of nitrogens with zero attached hydrogens (tertiary/aromatic N) is 1. The Morgan fingerprint density at radius 1 is 1.42 bits per heavy atom. The third-order valence-electron chi connectivity index (χ3n) is 3.83. The summed E-state index contributed by atoms with van der Waals surface area (Å²) in [5.41, 5.74) is 0.233. The van der Waals surface area contributed by atoms with Crippen molar-refractivity contribution >= 4 is 31.9 Å². The number of carbonyl (C=O) groups excluding carboxylic acids is 1. The van der Waals surface area contributed by atoms with Gasteiger partial charge in [-0.1, -0.05) is 6.92 Å². The van der Waals surface area contributed by atoms with Crippen molar-refractivity contribution in [3.05, 3.63) is 28.2 Å². The molecule has 1 aliphatic rings. The summed E-state index contributed by atoms with van der Waals surface area (Å²) in [6.45, 7) is 2.95. The van der Waals surface area contributed by atoms with Crippen LogP contribution in [-0.2, 0) is 14.8 Å². The maximum absolute atomic E-state index is 12.8. The van der Waals surface area contributed by atoms with Gasteiger partial charge in [-0.25, -0.2) is 8.42 Å². The van der Waals surface area contributed by atoms with Crippen molar-refractivity contribution in [3.8, 4) is 0 Å². The second-order valence-electron chi connectivity index (χ2n) is 5.42. The van der Waals surface area contributed by atoms with E-state index in [0.717, 1.165) is 0 Å². The average molecular weight is 421 g/mol. The fourth-order valence-electron chi connectivity index (χ4n) is 2.31. The van der Waals surface area contributed by atoms with Gasteiger partial charge in [0.05, 0.1) is 30.8 Å². The number of nitrogens with one attached hydrogen (secondary N) is 1. The van der Waals surface area contributed by atoms with E-state index in [4.69, 9.17) is 4.74 Å². The highest BCUT2D eigenvalue weighted by Crippen LogP contribution is 2.27. The van der Waals surface area contributed by atoms with Crippen molar-refractivity contribution in [1.82, 2.24) is 9.62 Å². The van der Waals surface area contributed by atoms with Crippen LogP contribution in [0, 0.1) is 0 Å². The van der Waals surface area contributed by atoms with Gasteiger partial charge < -0.3 is 15.2 Å². The number of sulfonamides is 1. The van der Waals surface area contributed by atoms with Gasteiger partial charge in [0, 0.05) is 23.1 Å².